The van der Waals surface area contributed by atoms with Crippen molar-refractivity contribution in [2.75, 3.05) is 11.9 Å². The normalized spacial score (nSPS) is 11.3. The first-order valence-electron chi connectivity index (χ1n) is 6.01. The van der Waals surface area contributed by atoms with Crippen molar-refractivity contribution < 1.29 is 4.79 Å². The summed E-state index contributed by atoms with van der Waals surface area (Å²) in [5.74, 6) is -0.0973. The minimum Gasteiger partial charge on any atom is -0.329 e. The highest BCUT2D eigenvalue weighted by Crippen LogP contribution is 2.18. The summed E-state index contributed by atoms with van der Waals surface area (Å²) in [4.78, 5) is 13.5. The second-order valence-corrected chi connectivity index (χ2v) is 4.91. The monoisotopic (exact) mass is 259 g/mol. The smallest absolute Gasteiger partial charge is 0.231 e. The molecule has 0 aliphatic carbocycles. The molecule has 0 atom stereocenters. The van der Waals surface area contributed by atoms with Crippen molar-refractivity contribution in [3.63, 3.8) is 0 Å². The predicted molar refractivity (Wildman–Crippen MR) is 72.8 cm³/mol. The number of nitrogens with zero attached hydrogens (tertiary/aromatic N) is 3. The number of nitrogens with two attached hydrogens (primary N) is 1. The summed E-state index contributed by atoms with van der Waals surface area (Å²) in [5, 5.41) is 10.9. The summed E-state index contributed by atoms with van der Waals surface area (Å²) in [7, 11) is 0. The standard InChI is InChI=1S/C13H17N5O/c1-13(2,9-14)12(19)17-10-3-5-11(6-4-10)18-15-7-8-16-18/h3-8H,9,14H2,1-2H3,(H,17,19). The van der Waals surface area contributed by atoms with Crippen LogP contribution < -0.4 is 11.1 Å². The van der Waals surface area contributed by atoms with Gasteiger partial charge in [-0.1, -0.05) is 0 Å². The Balaban J connectivity index is 2.10. The maximum absolute atomic E-state index is 12.0. The lowest BCUT2D eigenvalue weighted by atomic mass is 9.92. The van der Waals surface area contributed by atoms with Gasteiger partial charge in [0.05, 0.1) is 23.5 Å². The Morgan fingerprint density at radius 1 is 1.26 bits per heavy atom. The van der Waals surface area contributed by atoms with E-state index in [4.69, 9.17) is 5.73 Å². The highest BCUT2D eigenvalue weighted by Gasteiger charge is 2.25. The Morgan fingerprint density at radius 3 is 2.37 bits per heavy atom. The van der Waals surface area contributed by atoms with E-state index in [0.717, 1.165) is 11.4 Å². The van der Waals surface area contributed by atoms with Gasteiger partial charge in [0.2, 0.25) is 5.91 Å². The van der Waals surface area contributed by atoms with Gasteiger partial charge >= 0.3 is 0 Å². The molecule has 0 bridgehead atoms. The molecule has 6 nitrogen and oxygen atoms in total. The Morgan fingerprint density at radius 2 is 1.84 bits per heavy atom. The third-order valence-corrected chi connectivity index (χ3v) is 2.90. The fraction of sp³-hybridized carbons (Fsp3) is 0.308. The van der Waals surface area contributed by atoms with E-state index < -0.39 is 5.41 Å². The zero-order valence-corrected chi connectivity index (χ0v) is 11.0. The molecule has 3 N–H and O–H groups in total. The van der Waals surface area contributed by atoms with Gasteiger partial charge in [0.1, 0.15) is 0 Å². The van der Waals surface area contributed by atoms with Crippen molar-refractivity contribution >= 4 is 11.6 Å². The molecule has 2 rings (SSSR count). The lowest BCUT2D eigenvalue weighted by Crippen LogP contribution is -2.37. The number of hydrogen-bond acceptors (Lipinski definition) is 4. The maximum Gasteiger partial charge on any atom is 0.231 e. The van der Waals surface area contributed by atoms with Crippen LogP contribution in [-0.4, -0.2) is 27.4 Å². The van der Waals surface area contributed by atoms with Gasteiger partial charge < -0.3 is 11.1 Å². The summed E-state index contributed by atoms with van der Waals surface area (Å²) in [6.07, 6.45) is 3.22. The molecule has 1 aromatic carbocycles. The molecule has 0 unspecified atom stereocenters. The van der Waals surface area contributed by atoms with Crippen LogP contribution in [0.25, 0.3) is 5.69 Å². The van der Waals surface area contributed by atoms with E-state index in [1.807, 2.05) is 38.1 Å². The predicted octanol–water partition coefficient (Wildman–Crippen LogP) is 1.19. The van der Waals surface area contributed by atoms with Crippen LogP contribution in [-0.2, 0) is 4.79 Å². The lowest BCUT2D eigenvalue weighted by Gasteiger charge is -2.21. The molecule has 1 amide bonds. The average Bonchev–Trinajstić information content (AvgIpc) is 2.93. The number of amides is 1. The number of anilines is 1. The molecule has 1 aromatic heterocycles. The quantitative estimate of drug-likeness (QED) is 0.863. The van der Waals surface area contributed by atoms with Crippen molar-refractivity contribution in [2.24, 2.45) is 11.1 Å². The van der Waals surface area contributed by atoms with Gasteiger partial charge in [-0.05, 0) is 38.1 Å². The topological polar surface area (TPSA) is 85.8 Å². The fourth-order valence-electron chi connectivity index (χ4n) is 1.42. The Kier molecular flexibility index (Phi) is 3.62. The Labute approximate surface area is 111 Å². The number of benzene rings is 1. The van der Waals surface area contributed by atoms with E-state index in [0.29, 0.717) is 6.54 Å². The Bertz CT molecular complexity index is 545. The van der Waals surface area contributed by atoms with Crippen LogP contribution >= 0.6 is 0 Å². The summed E-state index contributed by atoms with van der Waals surface area (Å²) in [6.45, 7) is 3.92. The third kappa shape index (κ3) is 2.97. The number of rotatable bonds is 4. The van der Waals surface area contributed by atoms with Gasteiger partial charge in [-0.2, -0.15) is 15.0 Å². The van der Waals surface area contributed by atoms with Gasteiger partial charge in [0.15, 0.2) is 0 Å². The number of aromatic nitrogens is 3. The summed E-state index contributed by atoms with van der Waals surface area (Å²) >= 11 is 0. The number of hydrogen-bond donors (Lipinski definition) is 2. The van der Waals surface area contributed by atoms with Crippen LogP contribution in [0.3, 0.4) is 0 Å². The molecule has 0 fully saturated rings. The molecule has 0 saturated carbocycles. The first-order valence-corrected chi connectivity index (χ1v) is 6.01. The van der Waals surface area contributed by atoms with Gasteiger partial charge in [-0.3, -0.25) is 4.79 Å². The van der Waals surface area contributed by atoms with E-state index in [9.17, 15) is 4.79 Å². The molecule has 0 saturated heterocycles. The van der Waals surface area contributed by atoms with Gasteiger partial charge in [0.25, 0.3) is 0 Å². The number of nitrogens with one attached hydrogen (secondary N) is 1. The van der Waals surface area contributed by atoms with Gasteiger partial charge in [0, 0.05) is 12.2 Å². The lowest BCUT2D eigenvalue weighted by molar-refractivity contribution is -0.123. The molecule has 0 aliphatic rings. The van der Waals surface area contributed by atoms with Gasteiger partial charge in [-0.25, -0.2) is 0 Å². The molecular weight excluding hydrogens is 242 g/mol. The SMILES string of the molecule is CC(C)(CN)C(=O)Nc1ccc(-n2nccn2)cc1. The average molecular weight is 259 g/mol. The second-order valence-electron chi connectivity index (χ2n) is 4.91. The number of carbonyl (C=O) groups is 1. The summed E-state index contributed by atoms with van der Waals surface area (Å²) < 4.78 is 0. The zero-order chi connectivity index (χ0) is 13.9. The Hall–Kier alpha value is -2.21. The molecule has 6 heteroatoms. The van der Waals surface area contributed by atoms with E-state index in [2.05, 4.69) is 15.5 Å². The molecule has 2 aromatic rings. The molecular formula is C13H17N5O. The molecule has 100 valence electrons. The zero-order valence-electron chi connectivity index (χ0n) is 11.0. The van der Waals surface area contributed by atoms with Crippen LogP contribution in [0.1, 0.15) is 13.8 Å². The van der Waals surface area contributed by atoms with Crippen molar-refractivity contribution in [1.82, 2.24) is 15.0 Å². The molecule has 0 aliphatic heterocycles. The highest BCUT2D eigenvalue weighted by atomic mass is 16.2. The van der Waals surface area contributed by atoms with Crippen LogP contribution in [0.2, 0.25) is 0 Å². The van der Waals surface area contributed by atoms with Crippen molar-refractivity contribution in [3.05, 3.63) is 36.7 Å². The van der Waals surface area contributed by atoms with Crippen molar-refractivity contribution in [1.29, 1.82) is 0 Å². The summed E-state index contributed by atoms with van der Waals surface area (Å²) in [6, 6.07) is 7.29. The second kappa shape index (κ2) is 5.19. The van der Waals surface area contributed by atoms with Crippen LogP contribution in [0.15, 0.2) is 36.7 Å². The highest BCUT2D eigenvalue weighted by molar-refractivity contribution is 5.95. The molecule has 1 heterocycles. The van der Waals surface area contributed by atoms with E-state index >= 15 is 0 Å². The molecule has 19 heavy (non-hydrogen) atoms. The number of carbonyl (C=O) groups excluding carboxylic acids is 1. The molecule has 0 radical (unpaired) electrons. The van der Waals surface area contributed by atoms with Gasteiger partial charge in [-0.15, -0.1) is 0 Å². The van der Waals surface area contributed by atoms with Crippen LogP contribution in [0.5, 0.6) is 0 Å². The van der Waals surface area contributed by atoms with Crippen LogP contribution in [0, 0.1) is 5.41 Å². The minimum atomic E-state index is -0.581. The van der Waals surface area contributed by atoms with Crippen LogP contribution in [0.4, 0.5) is 5.69 Å². The first kappa shape index (κ1) is 13.2. The first-order chi connectivity index (χ1) is 9.03. The third-order valence-electron chi connectivity index (χ3n) is 2.90. The molecule has 0 spiro atoms. The van der Waals surface area contributed by atoms with E-state index in [1.54, 1.807) is 12.4 Å². The summed E-state index contributed by atoms with van der Waals surface area (Å²) in [5.41, 5.74) is 6.55. The van der Waals surface area contributed by atoms with Crippen molar-refractivity contribution in [2.45, 2.75) is 13.8 Å². The van der Waals surface area contributed by atoms with E-state index in [1.165, 1.54) is 4.80 Å². The fourth-order valence-corrected chi connectivity index (χ4v) is 1.42. The largest absolute Gasteiger partial charge is 0.329 e. The maximum atomic E-state index is 12.0. The van der Waals surface area contributed by atoms with E-state index in [-0.39, 0.29) is 5.91 Å². The minimum absolute atomic E-state index is 0.0973. The van der Waals surface area contributed by atoms with Crippen molar-refractivity contribution in [3.8, 4) is 5.69 Å².